The lowest BCUT2D eigenvalue weighted by molar-refractivity contribution is -0.137. The van der Waals surface area contributed by atoms with Gasteiger partial charge in [0, 0.05) is 34.1 Å². The number of nitrogens with one attached hydrogen (secondary N) is 1. The fourth-order valence-electron chi connectivity index (χ4n) is 3.47. The van der Waals surface area contributed by atoms with Gasteiger partial charge in [0.25, 0.3) is 0 Å². The summed E-state index contributed by atoms with van der Waals surface area (Å²) in [5.41, 5.74) is 3.61. The lowest BCUT2D eigenvalue weighted by Crippen LogP contribution is -2.15. The Morgan fingerprint density at radius 2 is 1.85 bits per heavy atom. The van der Waals surface area contributed by atoms with Crippen LogP contribution < -0.4 is 5.32 Å². The molecule has 4 rings (SSSR count). The number of anilines is 1. The Bertz CT molecular complexity index is 1330. The molecule has 0 atom stereocenters. The Morgan fingerprint density at radius 3 is 2.56 bits per heavy atom. The van der Waals surface area contributed by atoms with Gasteiger partial charge in [0.1, 0.15) is 0 Å². The number of carbonyl (C=O) groups excluding carboxylic acids is 1. The summed E-state index contributed by atoms with van der Waals surface area (Å²) >= 11 is 2.80. The van der Waals surface area contributed by atoms with Crippen LogP contribution in [0.25, 0.3) is 22.5 Å². The Labute approximate surface area is 203 Å². The Balaban J connectivity index is 1.48. The highest BCUT2D eigenvalue weighted by Crippen LogP contribution is 2.39. The van der Waals surface area contributed by atoms with E-state index >= 15 is 0 Å². The minimum absolute atomic E-state index is 0.0182. The number of benzene rings is 2. The SMILES string of the molecule is Cc1ccc(-c2c(-c3nnc(SCC(=O)Nc4cccc(C(F)(F)F)c4)n3C)csc2C)cc1. The van der Waals surface area contributed by atoms with Crippen LogP contribution in [0.15, 0.2) is 59.1 Å². The van der Waals surface area contributed by atoms with Gasteiger partial charge in [0.05, 0.1) is 11.3 Å². The van der Waals surface area contributed by atoms with E-state index in [2.05, 4.69) is 46.7 Å². The summed E-state index contributed by atoms with van der Waals surface area (Å²) in [6, 6.07) is 12.8. The van der Waals surface area contributed by atoms with Crippen LogP contribution in [0.2, 0.25) is 0 Å². The van der Waals surface area contributed by atoms with E-state index in [-0.39, 0.29) is 11.4 Å². The molecule has 0 radical (unpaired) electrons. The van der Waals surface area contributed by atoms with Crippen molar-refractivity contribution in [2.24, 2.45) is 7.05 Å². The standard InChI is InChI=1S/C24H21F3N4OS2/c1-14-7-9-16(10-8-14)21-15(2)33-12-19(21)22-29-30-23(31(22)3)34-13-20(32)28-18-6-4-5-17(11-18)24(25,26)27/h4-12H,13H2,1-3H3,(H,28,32). The molecule has 1 N–H and O–H groups in total. The number of amides is 1. The van der Waals surface area contributed by atoms with E-state index in [0.29, 0.717) is 11.0 Å². The molecular formula is C24H21F3N4OS2. The van der Waals surface area contributed by atoms with Gasteiger partial charge in [-0.25, -0.2) is 0 Å². The van der Waals surface area contributed by atoms with Crippen molar-refractivity contribution in [2.75, 3.05) is 11.1 Å². The minimum Gasteiger partial charge on any atom is -0.325 e. The zero-order valence-electron chi connectivity index (χ0n) is 18.6. The predicted octanol–water partition coefficient (Wildman–Crippen LogP) is 6.58. The number of rotatable bonds is 6. The van der Waals surface area contributed by atoms with E-state index in [1.807, 2.05) is 23.9 Å². The van der Waals surface area contributed by atoms with Crippen molar-refractivity contribution in [3.63, 3.8) is 0 Å². The number of thiophene rings is 1. The second-order valence-corrected chi connectivity index (χ2v) is 9.75. The van der Waals surface area contributed by atoms with E-state index in [1.165, 1.54) is 29.5 Å². The van der Waals surface area contributed by atoms with Gasteiger partial charge in [-0.05, 0) is 37.6 Å². The first-order valence-corrected chi connectivity index (χ1v) is 12.1. The highest BCUT2D eigenvalue weighted by Gasteiger charge is 2.30. The van der Waals surface area contributed by atoms with Gasteiger partial charge in [0.15, 0.2) is 11.0 Å². The number of hydrogen-bond acceptors (Lipinski definition) is 5. The molecule has 0 fully saturated rings. The van der Waals surface area contributed by atoms with Gasteiger partial charge >= 0.3 is 6.18 Å². The van der Waals surface area contributed by atoms with Gasteiger partial charge in [0.2, 0.25) is 5.91 Å². The summed E-state index contributed by atoms with van der Waals surface area (Å²) in [6.07, 6.45) is -4.47. The molecule has 0 bridgehead atoms. The molecule has 0 saturated carbocycles. The molecule has 0 spiro atoms. The van der Waals surface area contributed by atoms with Crippen LogP contribution in [0, 0.1) is 13.8 Å². The summed E-state index contributed by atoms with van der Waals surface area (Å²) in [5, 5.41) is 13.7. The molecule has 4 aromatic rings. The molecule has 34 heavy (non-hydrogen) atoms. The van der Waals surface area contributed by atoms with E-state index < -0.39 is 17.6 Å². The zero-order chi connectivity index (χ0) is 24.5. The minimum atomic E-state index is -4.47. The number of aromatic nitrogens is 3. The van der Waals surface area contributed by atoms with E-state index in [4.69, 9.17) is 0 Å². The highest BCUT2D eigenvalue weighted by atomic mass is 32.2. The number of carbonyl (C=O) groups is 1. The van der Waals surface area contributed by atoms with E-state index in [0.717, 1.165) is 33.7 Å². The first-order chi connectivity index (χ1) is 16.1. The third-order valence-corrected chi connectivity index (χ3v) is 7.13. The van der Waals surface area contributed by atoms with Gasteiger partial charge in [-0.1, -0.05) is 47.7 Å². The molecule has 0 aliphatic rings. The summed E-state index contributed by atoms with van der Waals surface area (Å²) in [6.45, 7) is 4.11. The maximum Gasteiger partial charge on any atom is 0.416 e. The van der Waals surface area contributed by atoms with Gasteiger partial charge in [-0.2, -0.15) is 13.2 Å². The number of alkyl halides is 3. The number of nitrogens with zero attached hydrogens (tertiary/aromatic N) is 3. The molecule has 5 nitrogen and oxygen atoms in total. The van der Waals surface area contributed by atoms with Crippen molar-refractivity contribution < 1.29 is 18.0 Å². The van der Waals surface area contributed by atoms with Crippen LogP contribution in [0.5, 0.6) is 0 Å². The third-order valence-electron chi connectivity index (χ3n) is 5.20. The fourth-order valence-corrected chi connectivity index (χ4v) is 5.05. The first-order valence-electron chi connectivity index (χ1n) is 10.3. The monoisotopic (exact) mass is 502 g/mol. The Hall–Kier alpha value is -3.11. The van der Waals surface area contributed by atoms with Gasteiger partial charge < -0.3 is 9.88 Å². The summed E-state index contributed by atoms with van der Waals surface area (Å²) in [4.78, 5) is 13.5. The summed E-state index contributed by atoms with van der Waals surface area (Å²) in [7, 11) is 1.83. The normalized spacial score (nSPS) is 11.6. The van der Waals surface area contributed by atoms with E-state index in [9.17, 15) is 18.0 Å². The molecule has 0 aliphatic carbocycles. The third kappa shape index (κ3) is 5.18. The molecule has 176 valence electrons. The van der Waals surface area contributed by atoms with Crippen LogP contribution in [-0.4, -0.2) is 26.4 Å². The van der Waals surface area contributed by atoms with Crippen LogP contribution in [-0.2, 0) is 18.0 Å². The second-order valence-electron chi connectivity index (χ2n) is 7.73. The molecule has 2 heterocycles. The van der Waals surface area contributed by atoms with Crippen LogP contribution in [0.1, 0.15) is 16.0 Å². The number of halogens is 3. The van der Waals surface area contributed by atoms with Crippen LogP contribution in [0.4, 0.5) is 18.9 Å². The summed E-state index contributed by atoms with van der Waals surface area (Å²) in [5.74, 6) is 0.233. The second kappa shape index (κ2) is 9.63. The molecule has 0 aliphatic heterocycles. The van der Waals surface area contributed by atoms with E-state index in [1.54, 1.807) is 11.3 Å². The Kier molecular flexibility index (Phi) is 6.81. The average molecular weight is 503 g/mol. The molecule has 0 unspecified atom stereocenters. The van der Waals surface area contributed by atoms with Crippen molar-refractivity contribution in [1.82, 2.24) is 14.8 Å². The number of thioether (sulfide) groups is 1. The van der Waals surface area contributed by atoms with Crippen molar-refractivity contribution >= 4 is 34.7 Å². The van der Waals surface area contributed by atoms with Crippen molar-refractivity contribution in [3.05, 3.63) is 69.9 Å². The van der Waals surface area contributed by atoms with Crippen LogP contribution >= 0.6 is 23.1 Å². The zero-order valence-corrected chi connectivity index (χ0v) is 20.2. The lowest BCUT2D eigenvalue weighted by atomic mass is 10.0. The first kappa shape index (κ1) is 24.0. The molecule has 1 amide bonds. The predicted molar refractivity (Wildman–Crippen MR) is 130 cm³/mol. The summed E-state index contributed by atoms with van der Waals surface area (Å²) < 4.78 is 40.5. The largest absolute Gasteiger partial charge is 0.416 e. The van der Waals surface area contributed by atoms with Gasteiger partial charge in [-0.3, -0.25) is 4.79 Å². The lowest BCUT2D eigenvalue weighted by Gasteiger charge is -2.10. The smallest absolute Gasteiger partial charge is 0.325 e. The number of aryl methyl sites for hydroxylation is 2. The molecule has 10 heteroatoms. The van der Waals surface area contributed by atoms with Crippen LogP contribution in [0.3, 0.4) is 0 Å². The fraction of sp³-hybridized carbons (Fsp3) is 0.208. The maximum absolute atomic E-state index is 12.9. The molecular weight excluding hydrogens is 481 g/mol. The Morgan fingerprint density at radius 1 is 1.12 bits per heavy atom. The van der Waals surface area contributed by atoms with Crippen molar-refractivity contribution in [1.29, 1.82) is 0 Å². The molecule has 0 saturated heterocycles. The highest BCUT2D eigenvalue weighted by molar-refractivity contribution is 7.99. The topological polar surface area (TPSA) is 59.8 Å². The van der Waals surface area contributed by atoms with Gasteiger partial charge in [-0.15, -0.1) is 21.5 Å². The average Bonchev–Trinajstić information content (AvgIpc) is 3.34. The maximum atomic E-state index is 12.9. The quantitative estimate of drug-likeness (QED) is 0.303. The molecule has 2 aromatic carbocycles. The molecule has 2 aromatic heterocycles. The van der Waals surface area contributed by atoms with Crippen molar-refractivity contribution in [2.45, 2.75) is 25.2 Å². The van der Waals surface area contributed by atoms with Crippen molar-refractivity contribution in [3.8, 4) is 22.5 Å². The number of hydrogen-bond donors (Lipinski definition) is 1.